The summed E-state index contributed by atoms with van der Waals surface area (Å²) in [6.07, 6.45) is 0. The predicted molar refractivity (Wildman–Crippen MR) is 99.3 cm³/mol. The molecule has 25 heavy (non-hydrogen) atoms. The molecule has 0 aliphatic heterocycles. The first-order chi connectivity index (χ1) is 11.7. The fraction of sp³-hybridized carbons (Fsp3) is 0.235. The Morgan fingerprint density at radius 1 is 1.12 bits per heavy atom. The molecular weight excluding hydrogens is 383 g/mol. The van der Waals surface area contributed by atoms with Crippen LogP contribution >= 0.6 is 23.2 Å². The van der Waals surface area contributed by atoms with Crippen molar-refractivity contribution in [3.8, 4) is 0 Å². The van der Waals surface area contributed by atoms with Gasteiger partial charge in [-0.2, -0.15) is 4.31 Å². The second-order valence-corrected chi connectivity index (χ2v) is 8.28. The van der Waals surface area contributed by atoms with Crippen LogP contribution in [0.25, 0.3) is 0 Å². The largest absolute Gasteiger partial charge is 0.358 e. The van der Waals surface area contributed by atoms with Crippen LogP contribution in [-0.4, -0.2) is 32.2 Å². The Balaban J connectivity index is 2.40. The zero-order valence-electron chi connectivity index (χ0n) is 13.8. The fourth-order valence-corrected chi connectivity index (χ4v) is 4.01. The Morgan fingerprint density at radius 3 is 2.32 bits per heavy atom. The van der Waals surface area contributed by atoms with Gasteiger partial charge in [-0.3, -0.25) is 4.79 Å². The number of benzene rings is 2. The number of nitrogens with zero attached hydrogens (tertiary/aromatic N) is 1. The molecule has 0 saturated heterocycles. The van der Waals surface area contributed by atoms with Crippen molar-refractivity contribution >= 4 is 39.1 Å². The van der Waals surface area contributed by atoms with E-state index < -0.39 is 15.9 Å². The van der Waals surface area contributed by atoms with Crippen molar-refractivity contribution in [1.29, 1.82) is 0 Å². The zero-order chi connectivity index (χ0) is 18.6. The lowest BCUT2D eigenvalue weighted by Crippen LogP contribution is -2.39. The molecule has 2 aromatic rings. The van der Waals surface area contributed by atoms with E-state index in [1.54, 1.807) is 24.3 Å². The van der Waals surface area contributed by atoms with Crippen LogP contribution in [0.4, 0.5) is 0 Å². The molecule has 0 unspecified atom stereocenters. The van der Waals surface area contributed by atoms with Crippen molar-refractivity contribution in [2.24, 2.45) is 0 Å². The average Bonchev–Trinajstić information content (AvgIpc) is 2.56. The number of amides is 1. The summed E-state index contributed by atoms with van der Waals surface area (Å²) < 4.78 is 27.0. The first-order valence-electron chi connectivity index (χ1n) is 7.45. The van der Waals surface area contributed by atoms with Gasteiger partial charge in [-0.15, -0.1) is 0 Å². The molecule has 0 radical (unpaired) electrons. The number of nitrogens with one attached hydrogen (secondary N) is 1. The summed E-state index contributed by atoms with van der Waals surface area (Å²) in [6.45, 7) is 1.51. The van der Waals surface area contributed by atoms with E-state index in [0.717, 1.165) is 9.87 Å². The maximum atomic E-state index is 13.0. The van der Waals surface area contributed by atoms with Crippen LogP contribution in [0.5, 0.6) is 0 Å². The molecule has 2 rings (SSSR count). The monoisotopic (exact) mass is 400 g/mol. The van der Waals surface area contributed by atoms with Crippen molar-refractivity contribution in [1.82, 2.24) is 9.62 Å². The summed E-state index contributed by atoms with van der Waals surface area (Å²) >= 11 is 12.0. The molecule has 1 amide bonds. The normalized spacial score (nSPS) is 11.6. The van der Waals surface area contributed by atoms with E-state index in [4.69, 9.17) is 23.2 Å². The Morgan fingerprint density at radius 2 is 1.76 bits per heavy atom. The Labute approximate surface area is 157 Å². The molecule has 0 spiro atoms. The second-order valence-electron chi connectivity index (χ2n) is 5.50. The highest BCUT2D eigenvalue weighted by Crippen LogP contribution is 2.25. The van der Waals surface area contributed by atoms with E-state index in [0.29, 0.717) is 15.6 Å². The van der Waals surface area contributed by atoms with E-state index in [1.807, 2.05) is 6.92 Å². The molecule has 2 aromatic carbocycles. The van der Waals surface area contributed by atoms with Crippen LogP contribution in [0.3, 0.4) is 0 Å². The standard InChI is InChI=1S/C17H18Cl2N2O3S/c1-12-3-7-15(8-4-12)25(23,24)21(11-17(22)20-2)10-13-5-6-14(18)9-16(13)19/h3-9H,10-11H2,1-2H3,(H,20,22). The van der Waals surface area contributed by atoms with Crippen LogP contribution < -0.4 is 5.32 Å². The van der Waals surface area contributed by atoms with Crippen LogP contribution in [0.1, 0.15) is 11.1 Å². The van der Waals surface area contributed by atoms with Gasteiger partial charge >= 0.3 is 0 Å². The SMILES string of the molecule is CNC(=O)CN(Cc1ccc(Cl)cc1Cl)S(=O)(=O)c1ccc(C)cc1. The number of rotatable bonds is 6. The summed E-state index contributed by atoms with van der Waals surface area (Å²) in [7, 11) is -2.41. The minimum absolute atomic E-state index is 0.0420. The molecule has 134 valence electrons. The Hall–Kier alpha value is -1.60. The predicted octanol–water partition coefficient (Wildman–Crippen LogP) is 3.24. The van der Waals surface area contributed by atoms with Crippen LogP contribution in [0.2, 0.25) is 10.0 Å². The van der Waals surface area contributed by atoms with Gasteiger partial charge in [0.15, 0.2) is 0 Å². The summed E-state index contributed by atoms with van der Waals surface area (Å²) in [5, 5.41) is 3.23. The van der Waals surface area contributed by atoms with Crippen LogP contribution in [-0.2, 0) is 21.4 Å². The highest BCUT2D eigenvalue weighted by molar-refractivity contribution is 7.89. The number of hydrogen-bond donors (Lipinski definition) is 1. The lowest BCUT2D eigenvalue weighted by Gasteiger charge is -2.22. The van der Waals surface area contributed by atoms with Gasteiger partial charge in [0, 0.05) is 23.6 Å². The Bertz CT molecular complexity index is 868. The van der Waals surface area contributed by atoms with Crippen molar-refractivity contribution in [3.05, 3.63) is 63.6 Å². The van der Waals surface area contributed by atoms with Crippen molar-refractivity contribution in [2.45, 2.75) is 18.4 Å². The van der Waals surface area contributed by atoms with Crippen molar-refractivity contribution in [2.75, 3.05) is 13.6 Å². The fourth-order valence-electron chi connectivity index (χ4n) is 2.16. The van der Waals surface area contributed by atoms with Gasteiger partial charge in [0.05, 0.1) is 11.4 Å². The summed E-state index contributed by atoms with van der Waals surface area (Å²) in [4.78, 5) is 11.9. The van der Waals surface area contributed by atoms with E-state index in [2.05, 4.69) is 5.32 Å². The number of likely N-dealkylation sites (N-methyl/N-ethyl adjacent to an activating group) is 1. The third kappa shape index (κ3) is 4.95. The third-order valence-electron chi connectivity index (χ3n) is 3.62. The van der Waals surface area contributed by atoms with Gasteiger partial charge in [-0.1, -0.05) is 47.0 Å². The van der Waals surface area contributed by atoms with Crippen LogP contribution in [0.15, 0.2) is 47.4 Å². The minimum atomic E-state index is -3.87. The number of hydrogen-bond acceptors (Lipinski definition) is 3. The van der Waals surface area contributed by atoms with Gasteiger partial charge in [0.25, 0.3) is 0 Å². The first-order valence-corrected chi connectivity index (χ1v) is 9.65. The molecule has 0 bridgehead atoms. The lowest BCUT2D eigenvalue weighted by molar-refractivity contribution is -0.120. The highest BCUT2D eigenvalue weighted by atomic mass is 35.5. The molecule has 8 heteroatoms. The highest BCUT2D eigenvalue weighted by Gasteiger charge is 2.27. The van der Waals surface area contributed by atoms with Crippen LogP contribution in [0, 0.1) is 6.92 Å². The maximum Gasteiger partial charge on any atom is 0.243 e. The lowest BCUT2D eigenvalue weighted by atomic mass is 10.2. The number of aryl methyl sites for hydroxylation is 1. The molecule has 0 fully saturated rings. The minimum Gasteiger partial charge on any atom is -0.358 e. The number of carbonyl (C=O) groups is 1. The van der Waals surface area contributed by atoms with Crippen molar-refractivity contribution < 1.29 is 13.2 Å². The van der Waals surface area contributed by atoms with Gasteiger partial charge in [-0.25, -0.2) is 8.42 Å². The summed E-state index contributed by atoms with van der Waals surface area (Å²) in [5.41, 5.74) is 1.50. The topological polar surface area (TPSA) is 66.5 Å². The van der Waals surface area contributed by atoms with E-state index in [-0.39, 0.29) is 18.0 Å². The van der Waals surface area contributed by atoms with Gasteiger partial charge < -0.3 is 5.32 Å². The maximum absolute atomic E-state index is 13.0. The summed E-state index contributed by atoms with van der Waals surface area (Å²) in [5.74, 6) is -0.416. The molecule has 1 N–H and O–H groups in total. The Kier molecular flexibility index (Phi) is 6.46. The number of sulfonamides is 1. The average molecular weight is 401 g/mol. The van der Waals surface area contributed by atoms with E-state index >= 15 is 0 Å². The summed E-state index contributed by atoms with van der Waals surface area (Å²) in [6, 6.07) is 11.3. The molecule has 0 heterocycles. The third-order valence-corrected chi connectivity index (χ3v) is 6.01. The molecule has 0 aliphatic rings. The van der Waals surface area contributed by atoms with E-state index in [9.17, 15) is 13.2 Å². The zero-order valence-corrected chi connectivity index (χ0v) is 16.1. The van der Waals surface area contributed by atoms with Gasteiger partial charge in [0.1, 0.15) is 0 Å². The number of halogens is 2. The quantitative estimate of drug-likeness (QED) is 0.808. The smallest absolute Gasteiger partial charge is 0.243 e. The molecule has 0 saturated carbocycles. The van der Waals surface area contributed by atoms with Gasteiger partial charge in [0.2, 0.25) is 15.9 Å². The molecule has 0 aromatic heterocycles. The van der Waals surface area contributed by atoms with Gasteiger partial charge in [-0.05, 0) is 36.8 Å². The number of carbonyl (C=O) groups excluding carboxylic acids is 1. The molecule has 5 nitrogen and oxygen atoms in total. The first kappa shape index (κ1) is 19.7. The van der Waals surface area contributed by atoms with E-state index in [1.165, 1.54) is 25.2 Å². The molecule has 0 atom stereocenters. The second kappa shape index (κ2) is 8.19. The molecular formula is C17H18Cl2N2O3S. The van der Waals surface area contributed by atoms with Crippen molar-refractivity contribution in [3.63, 3.8) is 0 Å². The molecule has 0 aliphatic carbocycles.